The molecule has 4 aromatic rings. The molecule has 2 aromatic carbocycles. The number of nitrogens with zero attached hydrogens (tertiary/aromatic N) is 6. The second kappa shape index (κ2) is 10.2. The smallest absolute Gasteiger partial charge is 0.262 e. The Kier molecular flexibility index (Phi) is 6.94. The van der Waals surface area contributed by atoms with Gasteiger partial charge in [-0.25, -0.2) is 18.4 Å². The van der Waals surface area contributed by atoms with Gasteiger partial charge in [0.15, 0.2) is 5.03 Å². The van der Waals surface area contributed by atoms with Crippen LogP contribution in [0.3, 0.4) is 0 Å². The maximum Gasteiger partial charge on any atom is 0.262 e. The number of aromatic nitrogens is 4. The van der Waals surface area contributed by atoms with Gasteiger partial charge in [-0.15, -0.1) is 0 Å². The fraction of sp³-hybridized carbons (Fsp3) is 0.259. The maximum absolute atomic E-state index is 13.8. The molecule has 37 heavy (non-hydrogen) atoms. The van der Waals surface area contributed by atoms with Gasteiger partial charge in [0.05, 0.1) is 24.9 Å². The minimum atomic E-state index is -3.92. The highest BCUT2D eigenvalue weighted by Crippen LogP contribution is 2.35. The molecule has 0 radical (unpaired) electrons. The SMILES string of the molecule is C=C(Cl)CN(C1Cc2cc(-c3ccccc3)ccc2N(Cc2cncn2C)C1)S(=O)(=O)c1cn(C)cn1. The van der Waals surface area contributed by atoms with E-state index in [0.717, 1.165) is 28.1 Å². The Morgan fingerprint density at radius 2 is 1.92 bits per heavy atom. The lowest BCUT2D eigenvalue weighted by molar-refractivity contribution is 0.328. The van der Waals surface area contributed by atoms with Crippen molar-refractivity contribution in [3.8, 4) is 11.1 Å². The van der Waals surface area contributed by atoms with Crippen LogP contribution in [0.5, 0.6) is 0 Å². The Bertz CT molecular complexity index is 1530. The number of benzene rings is 2. The Balaban J connectivity index is 1.58. The van der Waals surface area contributed by atoms with Crippen molar-refractivity contribution in [2.24, 2.45) is 14.1 Å². The zero-order valence-electron chi connectivity index (χ0n) is 20.8. The number of halogens is 1. The van der Waals surface area contributed by atoms with Gasteiger partial charge >= 0.3 is 0 Å². The number of hydrogen-bond donors (Lipinski definition) is 0. The molecule has 1 unspecified atom stereocenters. The summed E-state index contributed by atoms with van der Waals surface area (Å²) in [4.78, 5) is 10.6. The van der Waals surface area contributed by atoms with Crippen molar-refractivity contribution in [3.05, 3.63) is 96.4 Å². The molecule has 3 heterocycles. The first kappa shape index (κ1) is 25.3. The lowest BCUT2D eigenvalue weighted by Crippen LogP contribution is -2.51. The second-order valence-corrected chi connectivity index (χ2v) is 11.8. The number of fused-ring (bicyclic) bond motifs is 1. The number of anilines is 1. The molecule has 0 N–H and O–H groups in total. The van der Waals surface area contributed by atoms with E-state index in [2.05, 4.69) is 51.8 Å². The van der Waals surface area contributed by atoms with Gasteiger partial charge in [0.1, 0.15) is 0 Å². The van der Waals surface area contributed by atoms with Crippen molar-refractivity contribution in [2.75, 3.05) is 18.0 Å². The molecule has 1 atom stereocenters. The summed E-state index contributed by atoms with van der Waals surface area (Å²) in [6, 6.07) is 16.2. The Morgan fingerprint density at radius 1 is 1.14 bits per heavy atom. The van der Waals surface area contributed by atoms with Crippen LogP contribution >= 0.6 is 11.6 Å². The van der Waals surface area contributed by atoms with E-state index in [-0.39, 0.29) is 22.6 Å². The molecule has 1 aliphatic heterocycles. The maximum atomic E-state index is 13.8. The van der Waals surface area contributed by atoms with Gasteiger partial charge in [0.25, 0.3) is 10.0 Å². The predicted molar refractivity (Wildman–Crippen MR) is 146 cm³/mol. The van der Waals surface area contributed by atoms with Gasteiger partial charge in [0.2, 0.25) is 0 Å². The number of hydrogen-bond acceptors (Lipinski definition) is 5. The first-order valence-corrected chi connectivity index (χ1v) is 13.8. The van der Waals surface area contributed by atoms with E-state index < -0.39 is 10.0 Å². The summed E-state index contributed by atoms with van der Waals surface area (Å²) in [5.41, 5.74) is 5.37. The van der Waals surface area contributed by atoms with Crippen molar-refractivity contribution >= 4 is 27.3 Å². The molecule has 1 aliphatic rings. The summed E-state index contributed by atoms with van der Waals surface area (Å²) in [6.45, 7) is 4.87. The highest BCUT2D eigenvalue weighted by molar-refractivity contribution is 7.89. The van der Waals surface area contributed by atoms with Crippen LogP contribution in [0.1, 0.15) is 11.3 Å². The third-order valence-electron chi connectivity index (χ3n) is 6.67. The van der Waals surface area contributed by atoms with Crippen molar-refractivity contribution in [2.45, 2.75) is 24.0 Å². The molecule has 5 rings (SSSR count). The molecule has 0 fully saturated rings. The van der Waals surface area contributed by atoms with E-state index >= 15 is 0 Å². The molecule has 2 aromatic heterocycles. The van der Waals surface area contributed by atoms with Crippen molar-refractivity contribution < 1.29 is 8.42 Å². The van der Waals surface area contributed by atoms with Gasteiger partial charge < -0.3 is 14.0 Å². The standard InChI is InChI=1S/C27H29ClN6O2S/c1-20(28)14-34(37(35,36)27-17-31(2)19-30-27)24-12-23-11-22(21-7-5-4-6-8-21)9-10-26(23)33(15-24)16-25-13-29-18-32(25)3/h4-11,13,17-19,24H,1,12,14-16H2,2-3H3. The lowest BCUT2D eigenvalue weighted by Gasteiger charge is -2.40. The third kappa shape index (κ3) is 5.20. The predicted octanol–water partition coefficient (Wildman–Crippen LogP) is 4.20. The monoisotopic (exact) mass is 536 g/mol. The molecule has 0 saturated heterocycles. The largest absolute Gasteiger partial charge is 0.364 e. The summed E-state index contributed by atoms with van der Waals surface area (Å²) < 4.78 is 32.6. The lowest BCUT2D eigenvalue weighted by atomic mass is 9.93. The van der Waals surface area contributed by atoms with Crippen LogP contribution < -0.4 is 4.90 Å². The molecule has 192 valence electrons. The summed E-state index contributed by atoms with van der Waals surface area (Å²) in [5, 5.41) is 0.247. The molecule has 0 bridgehead atoms. The van der Waals surface area contributed by atoms with Gasteiger partial charge in [0, 0.05) is 56.3 Å². The van der Waals surface area contributed by atoms with Gasteiger partial charge in [-0.1, -0.05) is 54.6 Å². The fourth-order valence-corrected chi connectivity index (χ4v) is 6.61. The summed E-state index contributed by atoms with van der Waals surface area (Å²) in [6.07, 6.45) is 7.14. The molecule has 0 aliphatic carbocycles. The normalized spacial score (nSPS) is 15.7. The van der Waals surface area contributed by atoms with E-state index in [9.17, 15) is 8.42 Å². The highest BCUT2D eigenvalue weighted by atomic mass is 35.5. The number of imidazole rings is 2. The Hall–Kier alpha value is -3.40. The third-order valence-corrected chi connectivity index (χ3v) is 8.58. The zero-order valence-corrected chi connectivity index (χ0v) is 22.4. The van der Waals surface area contributed by atoms with Crippen molar-refractivity contribution in [3.63, 3.8) is 0 Å². The Morgan fingerprint density at radius 3 is 2.57 bits per heavy atom. The number of aryl methyl sites for hydroxylation is 2. The molecule has 8 nitrogen and oxygen atoms in total. The summed E-state index contributed by atoms with van der Waals surface area (Å²) >= 11 is 6.22. The molecular weight excluding hydrogens is 508 g/mol. The van der Waals surface area contributed by atoms with Crippen molar-refractivity contribution in [1.82, 2.24) is 23.4 Å². The van der Waals surface area contributed by atoms with Gasteiger partial charge in [-0.2, -0.15) is 4.31 Å². The summed E-state index contributed by atoms with van der Waals surface area (Å²) in [5.74, 6) is 0. The molecule has 0 saturated carbocycles. The molecule has 0 spiro atoms. The fourth-order valence-electron chi connectivity index (χ4n) is 4.84. The van der Waals surface area contributed by atoms with E-state index in [1.54, 1.807) is 17.9 Å². The van der Waals surface area contributed by atoms with Crippen LogP contribution in [-0.2, 0) is 37.1 Å². The van der Waals surface area contributed by atoms with E-state index in [0.29, 0.717) is 19.5 Å². The summed E-state index contributed by atoms with van der Waals surface area (Å²) in [7, 11) is -0.220. The van der Waals surface area contributed by atoms with Crippen LogP contribution in [0.2, 0.25) is 0 Å². The molecular formula is C27H29ClN6O2S. The number of rotatable bonds is 8. The van der Waals surface area contributed by atoms with E-state index in [4.69, 9.17) is 11.6 Å². The molecule has 10 heteroatoms. The topological polar surface area (TPSA) is 76.3 Å². The van der Waals surface area contributed by atoms with Crippen LogP contribution in [0, 0.1) is 0 Å². The quantitative estimate of drug-likeness (QED) is 0.337. The van der Waals surface area contributed by atoms with Crippen LogP contribution in [0.25, 0.3) is 11.1 Å². The van der Waals surface area contributed by atoms with Gasteiger partial charge in [-0.3, -0.25) is 0 Å². The van der Waals surface area contributed by atoms with E-state index in [1.165, 1.54) is 16.8 Å². The average molecular weight is 537 g/mol. The number of sulfonamides is 1. The average Bonchev–Trinajstić information content (AvgIpc) is 3.50. The minimum absolute atomic E-state index is 0.00160. The van der Waals surface area contributed by atoms with Crippen LogP contribution in [-0.4, -0.2) is 51.0 Å². The van der Waals surface area contributed by atoms with Crippen molar-refractivity contribution in [1.29, 1.82) is 0 Å². The first-order valence-electron chi connectivity index (χ1n) is 11.9. The highest BCUT2D eigenvalue weighted by Gasteiger charge is 2.37. The zero-order chi connectivity index (χ0) is 26.2. The molecule has 0 amide bonds. The minimum Gasteiger partial charge on any atom is -0.364 e. The van der Waals surface area contributed by atoms with Crippen LogP contribution in [0.4, 0.5) is 5.69 Å². The first-order chi connectivity index (χ1) is 17.7. The van der Waals surface area contributed by atoms with E-state index in [1.807, 2.05) is 36.0 Å². The second-order valence-electron chi connectivity index (χ2n) is 9.39. The van der Waals surface area contributed by atoms with Gasteiger partial charge in [-0.05, 0) is 35.2 Å². The Labute approximate surface area is 222 Å². The van der Waals surface area contributed by atoms with Crippen LogP contribution in [0.15, 0.2) is 90.2 Å².